The molecule has 1 aromatic rings. The van der Waals surface area contributed by atoms with E-state index in [0.29, 0.717) is 0 Å². The van der Waals surface area contributed by atoms with Crippen LogP contribution in [0.5, 0.6) is 0 Å². The van der Waals surface area contributed by atoms with Crippen molar-refractivity contribution < 1.29 is 62.5 Å². The largest absolute Gasteiger partial charge is 0.496 e. The molecule has 2 saturated heterocycles. The van der Waals surface area contributed by atoms with E-state index in [1.54, 1.807) is 20.8 Å². The van der Waals surface area contributed by atoms with Gasteiger partial charge in [-0.1, -0.05) is 57.3 Å². The van der Waals surface area contributed by atoms with Crippen molar-refractivity contribution in [3.8, 4) is 0 Å². The molecule has 2 N–H and O–H groups in total. The monoisotopic (exact) mass is 714 g/mol. The average Bonchev–Trinajstić information content (AvgIpc) is 3.26. The second-order valence-electron chi connectivity index (χ2n) is 14.8. The molecule has 51 heavy (non-hydrogen) atoms. The highest BCUT2D eigenvalue weighted by atomic mass is 16.7. The van der Waals surface area contributed by atoms with Crippen LogP contribution in [0.2, 0.25) is 0 Å². The molecule has 0 amide bonds. The molecule has 0 aromatic heterocycles. The van der Waals surface area contributed by atoms with Crippen LogP contribution in [0.25, 0.3) is 0 Å². The fourth-order valence-corrected chi connectivity index (χ4v) is 9.54. The second kappa shape index (κ2) is 13.6. The number of esters is 4. The molecular formula is C38H50O13. The standard InChI is InChI=1S/C38H50O13/c1-19(2)36(43)31(45-17-27-14-12-11-13-15-27)22(6)37(44)28-16-21(5)30(47-23(7)39)38(28)34(50-26(10)42)35(51-38,18-46-20(3)4)32(48-24(8)40)29(37)33(36)49-25(9)41/h11-15,21-22,28-34,43-44H,1,3,16-18H2,2,4-10H3/t21-,22+,28-,29-,30-,31-,32-,33+,34+,35?,36-,37-,38+/m0/s1. The lowest BCUT2D eigenvalue weighted by atomic mass is 9.52. The van der Waals surface area contributed by atoms with Crippen LogP contribution < -0.4 is 0 Å². The molecule has 1 aromatic carbocycles. The molecule has 2 bridgehead atoms. The molecule has 6 rings (SSSR count). The molecule has 5 aliphatic rings. The van der Waals surface area contributed by atoms with E-state index in [0.717, 1.165) is 19.4 Å². The molecule has 2 heterocycles. The van der Waals surface area contributed by atoms with E-state index in [9.17, 15) is 29.4 Å². The van der Waals surface area contributed by atoms with E-state index < -0.39 is 107 Å². The third kappa shape index (κ3) is 5.95. The van der Waals surface area contributed by atoms with Crippen LogP contribution in [0.1, 0.15) is 67.4 Å². The van der Waals surface area contributed by atoms with Crippen molar-refractivity contribution in [1.29, 1.82) is 0 Å². The minimum atomic E-state index is -2.18. The molecule has 13 heteroatoms. The Morgan fingerprint density at radius 2 is 1.35 bits per heavy atom. The first kappa shape index (κ1) is 38.5. The molecule has 2 aliphatic heterocycles. The van der Waals surface area contributed by atoms with Crippen LogP contribution in [0.4, 0.5) is 0 Å². The number of hydrogen-bond acceptors (Lipinski definition) is 13. The lowest BCUT2D eigenvalue weighted by Gasteiger charge is -2.63. The number of carbonyl (C=O) groups excluding carboxylic acids is 4. The molecule has 5 fully saturated rings. The smallest absolute Gasteiger partial charge is 0.303 e. The lowest BCUT2D eigenvalue weighted by molar-refractivity contribution is -0.404. The molecule has 3 saturated carbocycles. The number of aliphatic hydroxyl groups is 2. The first-order valence-corrected chi connectivity index (χ1v) is 17.2. The van der Waals surface area contributed by atoms with Gasteiger partial charge in [0.1, 0.15) is 30.5 Å². The normalized spacial score (nSPS) is 40.6. The number of hydrogen-bond donors (Lipinski definition) is 2. The average molecular weight is 715 g/mol. The summed E-state index contributed by atoms with van der Waals surface area (Å²) in [4.78, 5) is 51.8. The maximum Gasteiger partial charge on any atom is 0.303 e. The van der Waals surface area contributed by atoms with Gasteiger partial charge < -0.3 is 43.4 Å². The Kier molecular flexibility index (Phi) is 10.3. The first-order valence-electron chi connectivity index (χ1n) is 17.2. The van der Waals surface area contributed by atoms with Crippen molar-refractivity contribution in [2.45, 2.75) is 121 Å². The fourth-order valence-electron chi connectivity index (χ4n) is 9.54. The molecule has 3 aliphatic carbocycles. The van der Waals surface area contributed by atoms with Crippen LogP contribution in [0.3, 0.4) is 0 Å². The maximum atomic E-state index is 13.7. The summed E-state index contributed by atoms with van der Waals surface area (Å²) >= 11 is 0. The van der Waals surface area contributed by atoms with E-state index >= 15 is 0 Å². The Labute approximate surface area is 298 Å². The van der Waals surface area contributed by atoms with E-state index in [-0.39, 0.29) is 24.4 Å². The Balaban J connectivity index is 1.86. The number of allylic oxidation sites excluding steroid dienone is 1. The van der Waals surface area contributed by atoms with Gasteiger partial charge in [-0.3, -0.25) is 19.2 Å². The maximum absolute atomic E-state index is 13.7. The molecular weight excluding hydrogens is 664 g/mol. The van der Waals surface area contributed by atoms with Crippen molar-refractivity contribution in [3.05, 3.63) is 60.4 Å². The van der Waals surface area contributed by atoms with Gasteiger partial charge >= 0.3 is 23.9 Å². The molecule has 1 spiro atoms. The van der Waals surface area contributed by atoms with Crippen LogP contribution in [-0.2, 0) is 58.9 Å². The third-order valence-electron chi connectivity index (χ3n) is 11.3. The lowest BCUT2D eigenvalue weighted by Crippen LogP contribution is -2.83. The van der Waals surface area contributed by atoms with Gasteiger partial charge in [0.2, 0.25) is 0 Å². The zero-order chi connectivity index (χ0) is 37.8. The first-order chi connectivity index (χ1) is 23.8. The van der Waals surface area contributed by atoms with Crippen molar-refractivity contribution in [2.24, 2.45) is 23.7 Å². The van der Waals surface area contributed by atoms with Gasteiger partial charge in [-0.25, -0.2) is 0 Å². The minimum Gasteiger partial charge on any atom is -0.496 e. The quantitative estimate of drug-likeness (QED) is 0.148. The highest BCUT2D eigenvalue weighted by Crippen LogP contribution is 2.71. The van der Waals surface area contributed by atoms with Crippen LogP contribution in [-0.4, -0.2) is 93.6 Å². The topological polar surface area (TPSA) is 173 Å². The molecule has 280 valence electrons. The SMILES string of the molecule is C=C(C)OCC12O[C@@]3([C@@H]1OC(C)=O)[C@@H](OC(C)=O)[C@@H](C)C[C@H]3[C@]1(O)[C@H]([C@@H](OC(C)=O)[C@](O)(C(=C)C)[C@@H](OCc3ccccc3)[C@H]1C)[C@@H]2OC(C)=O. The Hall–Kier alpha value is -3.78. The Morgan fingerprint density at radius 1 is 0.804 bits per heavy atom. The third-order valence-corrected chi connectivity index (χ3v) is 11.3. The van der Waals surface area contributed by atoms with Gasteiger partial charge in [-0.05, 0) is 37.3 Å². The van der Waals surface area contributed by atoms with Crippen LogP contribution in [0, 0.1) is 23.7 Å². The van der Waals surface area contributed by atoms with Gasteiger partial charge in [0.15, 0.2) is 17.3 Å². The van der Waals surface area contributed by atoms with Gasteiger partial charge in [-0.15, -0.1) is 0 Å². The summed E-state index contributed by atoms with van der Waals surface area (Å²) in [6.45, 7) is 18.9. The summed E-state index contributed by atoms with van der Waals surface area (Å²) in [6, 6.07) is 9.19. The van der Waals surface area contributed by atoms with Gasteiger partial charge in [0, 0.05) is 39.5 Å². The molecule has 0 radical (unpaired) electrons. The fraction of sp³-hybridized carbons (Fsp3) is 0.632. The summed E-state index contributed by atoms with van der Waals surface area (Å²) in [5, 5.41) is 26.7. The van der Waals surface area contributed by atoms with Crippen molar-refractivity contribution >= 4 is 23.9 Å². The number of benzene rings is 1. The number of ether oxygens (including phenoxy) is 7. The molecule has 1 unspecified atom stereocenters. The molecule has 13 nitrogen and oxygen atoms in total. The minimum absolute atomic E-state index is 0.00239. The second-order valence-corrected chi connectivity index (χ2v) is 14.8. The van der Waals surface area contributed by atoms with Crippen molar-refractivity contribution in [1.82, 2.24) is 0 Å². The van der Waals surface area contributed by atoms with Crippen molar-refractivity contribution in [3.63, 3.8) is 0 Å². The summed E-state index contributed by atoms with van der Waals surface area (Å²) in [5.74, 6) is -6.75. The van der Waals surface area contributed by atoms with Gasteiger partial charge in [-0.2, -0.15) is 0 Å². The van der Waals surface area contributed by atoms with Gasteiger partial charge in [0.05, 0.1) is 30.0 Å². The van der Waals surface area contributed by atoms with E-state index in [2.05, 4.69) is 13.2 Å². The van der Waals surface area contributed by atoms with Crippen molar-refractivity contribution in [2.75, 3.05) is 6.61 Å². The van der Waals surface area contributed by atoms with Gasteiger partial charge in [0.25, 0.3) is 0 Å². The van der Waals surface area contributed by atoms with Crippen LogP contribution in [0.15, 0.2) is 54.8 Å². The summed E-state index contributed by atoms with van der Waals surface area (Å²) in [7, 11) is 0. The summed E-state index contributed by atoms with van der Waals surface area (Å²) in [6.07, 6.45) is -6.78. The predicted molar refractivity (Wildman–Crippen MR) is 179 cm³/mol. The zero-order valence-electron chi connectivity index (χ0n) is 30.5. The zero-order valence-corrected chi connectivity index (χ0v) is 30.5. The van der Waals surface area contributed by atoms with Crippen LogP contribution >= 0.6 is 0 Å². The molecule has 13 atom stereocenters. The highest BCUT2D eigenvalue weighted by molar-refractivity contribution is 5.69. The number of carbonyl (C=O) groups is 4. The Bertz CT molecular complexity index is 1580. The Morgan fingerprint density at radius 3 is 1.88 bits per heavy atom. The number of rotatable bonds is 11. The van der Waals surface area contributed by atoms with E-state index in [4.69, 9.17) is 33.2 Å². The summed E-state index contributed by atoms with van der Waals surface area (Å²) in [5.41, 5.74) is -6.96. The van der Waals surface area contributed by atoms with E-state index in [1.165, 1.54) is 13.8 Å². The summed E-state index contributed by atoms with van der Waals surface area (Å²) < 4.78 is 43.6. The highest BCUT2D eigenvalue weighted by Gasteiger charge is 2.89. The predicted octanol–water partition coefficient (Wildman–Crippen LogP) is 3.33. The van der Waals surface area contributed by atoms with E-state index in [1.807, 2.05) is 37.3 Å².